The SMILES string of the molecule is C[C@@](CCn1ccc(-c2ccc(Oc3nccc4occc34)cc2)cc1=O)(C(=O)NO)S(C)(=O)=O. The maximum atomic E-state index is 12.6. The van der Waals surface area contributed by atoms with Crippen LogP contribution in [0.4, 0.5) is 0 Å². The molecule has 2 N–H and O–H groups in total. The molecule has 4 rings (SSSR count). The molecule has 0 aliphatic heterocycles. The maximum Gasteiger partial charge on any atom is 0.264 e. The third-order valence-electron chi connectivity index (χ3n) is 5.97. The Bertz CT molecular complexity index is 1540. The Kier molecular flexibility index (Phi) is 6.46. The Labute approximate surface area is 200 Å². The van der Waals surface area contributed by atoms with Crippen molar-refractivity contribution in [1.82, 2.24) is 15.0 Å². The summed E-state index contributed by atoms with van der Waals surface area (Å²) in [6.07, 6.45) is 5.41. The molecule has 0 unspecified atom stereocenters. The summed E-state index contributed by atoms with van der Waals surface area (Å²) >= 11 is 0. The van der Waals surface area contributed by atoms with Crippen molar-refractivity contribution in [3.05, 3.63) is 77.5 Å². The third-order valence-corrected chi connectivity index (χ3v) is 8.00. The van der Waals surface area contributed by atoms with E-state index in [1.807, 2.05) is 0 Å². The summed E-state index contributed by atoms with van der Waals surface area (Å²) in [5.74, 6) is -0.0701. The highest BCUT2D eigenvalue weighted by atomic mass is 32.2. The van der Waals surface area contributed by atoms with E-state index in [1.54, 1.807) is 54.9 Å². The van der Waals surface area contributed by atoms with Crippen molar-refractivity contribution in [2.45, 2.75) is 24.6 Å². The normalized spacial score (nSPS) is 13.3. The molecule has 3 heterocycles. The minimum absolute atomic E-state index is 0.0323. The lowest BCUT2D eigenvalue weighted by Crippen LogP contribution is -2.49. The van der Waals surface area contributed by atoms with Crippen molar-refractivity contribution in [3.8, 4) is 22.8 Å². The van der Waals surface area contributed by atoms with Gasteiger partial charge >= 0.3 is 0 Å². The number of aromatic nitrogens is 2. The second-order valence-electron chi connectivity index (χ2n) is 8.22. The van der Waals surface area contributed by atoms with Crippen molar-refractivity contribution in [2.24, 2.45) is 0 Å². The summed E-state index contributed by atoms with van der Waals surface area (Å²) in [4.78, 5) is 28.9. The molecule has 3 aromatic heterocycles. The van der Waals surface area contributed by atoms with Crippen LogP contribution >= 0.6 is 0 Å². The fourth-order valence-corrected chi connectivity index (χ4v) is 4.41. The fourth-order valence-electron chi connectivity index (χ4n) is 3.57. The Morgan fingerprint density at radius 2 is 1.91 bits per heavy atom. The predicted octanol–water partition coefficient (Wildman–Crippen LogP) is 3.15. The Morgan fingerprint density at radius 3 is 2.57 bits per heavy atom. The van der Waals surface area contributed by atoms with E-state index < -0.39 is 20.5 Å². The van der Waals surface area contributed by atoms with Crippen LogP contribution in [0.1, 0.15) is 13.3 Å². The predicted molar refractivity (Wildman–Crippen MR) is 128 cm³/mol. The van der Waals surface area contributed by atoms with Crippen molar-refractivity contribution in [3.63, 3.8) is 0 Å². The molecule has 35 heavy (non-hydrogen) atoms. The Morgan fingerprint density at radius 1 is 1.17 bits per heavy atom. The third kappa shape index (κ3) is 4.81. The number of furan rings is 1. The van der Waals surface area contributed by atoms with E-state index in [9.17, 15) is 18.0 Å². The summed E-state index contributed by atoms with van der Waals surface area (Å²) in [7, 11) is -3.85. The number of fused-ring (bicyclic) bond motifs is 1. The lowest BCUT2D eigenvalue weighted by atomic mass is 10.1. The summed E-state index contributed by atoms with van der Waals surface area (Å²) in [6.45, 7) is 1.18. The number of pyridine rings is 2. The first kappa shape index (κ1) is 24.2. The van der Waals surface area contributed by atoms with Crippen LogP contribution < -0.4 is 15.8 Å². The van der Waals surface area contributed by atoms with E-state index in [1.165, 1.54) is 29.2 Å². The average Bonchev–Trinajstić information content (AvgIpc) is 3.32. The highest BCUT2D eigenvalue weighted by molar-refractivity contribution is 7.92. The summed E-state index contributed by atoms with van der Waals surface area (Å²) in [5, 5.41) is 9.69. The van der Waals surface area contributed by atoms with E-state index in [-0.39, 0.29) is 18.5 Å². The van der Waals surface area contributed by atoms with Crippen molar-refractivity contribution < 1.29 is 27.6 Å². The lowest BCUT2D eigenvalue weighted by Gasteiger charge is -2.25. The number of hydrogen-bond acceptors (Lipinski definition) is 8. The van der Waals surface area contributed by atoms with Crippen LogP contribution in [0.5, 0.6) is 11.6 Å². The quantitative estimate of drug-likeness (QED) is 0.279. The topological polar surface area (TPSA) is 141 Å². The van der Waals surface area contributed by atoms with E-state index >= 15 is 0 Å². The first-order chi connectivity index (χ1) is 16.6. The maximum absolute atomic E-state index is 12.6. The molecule has 1 aromatic carbocycles. The summed E-state index contributed by atoms with van der Waals surface area (Å²) in [6, 6.07) is 13.8. The number of nitrogens with zero attached hydrogens (tertiary/aromatic N) is 2. The number of carbonyl (C=O) groups excluding carboxylic acids is 1. The van der Waals surface area contributed by atoms with Gasteiger partial charge in [0.25, 0.3) is 11.5 Å². The average molecular weight is 498 g/mol. The van der Waals surface area contributed by atoms with Gasteiger partial charge in [-0.15, -0.1) is 0 Å². The van der Waals surface area contributed by atoms with E-state index in [0.717, 1.165) is 17.2 Å². The highest BCUT2D eigenvalue weighted by Crippen LogP contribution is 2.30. The van der Waals surface area contributed by atoms with Crippen LogP contribution in [0, 0.1) is 0 Å². The number of aryl methyl sites for hydroxylation is 1. The van der Waals surface area contributed by atoms with Gasteiger partial charge in [-0.3, -0.25) is 14.8 Å². The van der Waals surface area contributed by atoms with Crippen LogP contribution in [-0.4, -0.2) is 40.1 Å². The van der Waals surface area contributed by atoms with Crippen LogP contribution in [-0.2, 0) is 21.2 Å². The minimum atomic E-state index is -3.85. The number of sulfone groups is 1. The Balaban J connectivity index is 1.50. The summed E-state index contributed by atoms with van der Waals surface area (Å²) in [5.41, 5.74) is 3.14. The molecule has 1 atom stereocenters. The number of rotatable bonds is 8. The molecular formula is C24H23N3O7S. The first-order valence-electron chi connectivity index (χ1n) is 10.6. The summed E-state index contributed by atoms with van der Waals surface area (Å²) < 4.78 is 34.9. The number of carbonyl (C=O) groups is 1. The molecule has 182 valence electrons. The van der Waals surface area contributed by atoms with Crippen LogP contribution in [0.3, 0.4) is 0 Å². The zero-order valence-electron chi connectivity index (χ0n) is 19.0. The van der Waals surface area contributed by atoms with Crippen molar-refractivity contribution >= 4 is 26.7 Å². The molecule has 0 saturated carbocycles. The zero-order valence-corrected chi connectivity index (χ0v) is 19.8. The number of amides is 1. The van der Waals surface area contributed by atoms with E-state index in [4.69, 9.17) is 14.4 Å². The van der Waals surface area contributed by atoms with Gasteiger partial charge in [-0.2, -0.15) is 0 Å². The van der Waals surface area contributed by atoms with Crippen molar-refractivity contribution in [1.29, 1.82) is 0 Å². The van der Waals surface area contributed by atoms with Gasteiger partial charge in [-0.1, -0.05) is 12.1 Å². The van der Waals surface area contributed by atoms with Gasteiger partial charge in [-0.05, 0) is 54.8 Å². The first-order valence-corrected chi connectivity index (χ1v) is 12.5. The molecule has 10 nitrogen and oxygen atoms in total. The van der Waals surface area contributed by atoms with E-state index in [2.05, 4.69) is 4.98 Å². The molecule has 0 radical (unpaired) electrons. The second kappa shape index (κ2) is 9.35. The number of benzene rings is 1. The lowest BCUT2D eigenvalue weighted by molar-refractivity contribution is -0.131. The minimum Gasteiger partial charge on any atom is -0.464 e. The van der Waals surface area contributed by atoms with Crippen LogP contribution in [0.2, 0.25) is 0 Å². The zero-order chi connectivity index (χ0) is 25.2. The van der Waals surface area contributed by atoms with Gasteiger partial charge < -0.3 is 13.7 Å². The second-order valence-corrected chi connectivity index (χ2v) is 10.7. The standard InChI is InChI=1S/C24H23N3O7S/c1-24(23(29)26-30,35(2,31)32)10-13-27-12-8-17(15-21(27)28)16-3-5-18(6-4-16)34-22-19-9-14-33-20(19)7-11-25-22/h3-9,11-12,14-15,30H,10,13H2,1-2H3,(H,26,29)/t24-/m1/s1. The number of hydroxylamine groups is 1. The number of hydrogen-bond donors (Lipinski definition) is 2. The number of ether oxygens (including phenoxy) is 1. The molecule has 0 saturated heterocycles. The van der Waals surface area contributed by atoms with Crippen LogP contribution in [0.15, 0.2) is 76.4 Å². The van der Waals surface area contributed by atoms with Crippen LogP contribution in [0.25, 0.3) is 22.1 Å². The molecule has 0 bridgehead atoms. The molecule has 0 spiro atoms. The van der Waals surface area contributed by atoms with Gasteiger partial charge in [-0.25, -0.2) is 18.9 Å². The molecule has 1 amide bonds. The molecule has 4 aromatic rings. The van der Waals surface area contributed by atoms with Gasteiger partial charge in [0, 0.05) is 31.3 Å². The van der Waals surface area contributed by atoms with Gasteiger partial charge in [0.2, 0.25) is 5.88 Å². The van der Waals surface area contributed by atoms with Gasteiger partial charge in [0.15, 0.2) is 14.6 Å². The van der Waals surface area contributed by atoms with E-state index in [0.29, 0.717) is 22.8 Å². The largest absolute Gasteiger partial charge is 0.464 e. The number of nitrogens with one attached hydrogen (secondary N) is 1. The van der Waals surface area contributed by atoms with Gasteiger partial charge in [0.1, 0.15) is 11.3 Å². The highest BCUT2D eigenvalue weighted by Gasteiger charge is 2.43. The molecule has 11 heteroatoms. The molecule has 0 fully saturated rings. The van der Waals surface area contributed by atoms with Gasteiger partial charge in [0.05, 0.1) is 11.6 Å². The Hall–Kier alpha value is -3.96. The molecular weight excluding hydrogens is 474 g/mol. The monoisotopic (exact) mass is 497 g/mol. The molecule has 0 aliphatic carbocycles. The van der Waals surface area contributed by atoms with Crippen molar-refractivity contribution in [2.75, 3.05) is 6.26 Å². The molecule has 0 aliphatic rings. The smallest absolute Gasteiger partial charge is 0.264 e. The fraction of sp³-hybridized carbons (Fsp3) is 0.208.